The molecule has 0 aliphatic rings. The lowest BCUT2D eigenvalue weighted by molar-refractivity contribution is 1.09. The van der Waals surface area contributed by atoms with Crippen molar-refractivity contribution in [3.63, 3.8) is 0 Å². The van der Waals surface area contributed by atoms with Crippen LogP contribution in [-0.2, 0) is 0 Å². The molecular formula is C12H10BrClN6. The maximum atomic E-state index is 5.98. The van der Waals surface area contributed by atoms with Crippen LogP contribution in [0.4, 0.5) is 17.5 Å². The SMILES string of the molecule is CNc1nc(Nc2ccc(Cl)c(Br)c2)c2cn[nH]c2n1. The van der Waals surface area contributed by atoms with Gasteiger partial charge in [0.15, 0.2) is 5.65 Å². The summed E-state index contributed by atoms with van der Waals surface area (Å²) in [5, 5.41) is 14.4. The summed E-state index contributed by atoms with van der Waals surface area (Å²) in [5.41, 5.74) is 1.53. The number of nitrogens with one attached hydrogen (secondary N) is 3. The Balaban J connectivity index is 2.04. The monoisotopic (exact) mass is 352 g/mol. The van der Waals surface area contributed by atoms with Crippen molar-refractivity contribution in [1.29, 1.82) is 0 Å². The van der Waals surface area contributed by atoms with E-state index in [9.17, 15) is 0 Å². The second-order valence-corrected chi connectivity index (χ2v) is 5.29. The summed E-state index contributed by atoms with van der Waals surface area (Å²) >= 11 is 9.38. The summed E-state index contributed by atoms with van der Waals surface area (Å²) in [4.78, 5) is 8.67. The number of hydrogen-bond donors (Lipinski definition) is 3. The Labute approximate surface area is 128 Å². The van der Waals surface area contributed by atoms with E-state index in [2.05, 4.69) is 46.7 Å². The zero-order chi connectivity index (χ0) is 14.1. The van der Waals surface area contributed by atoms with E-state index < -0.39 is 0 Å². The molecule has 2 heterocycles. The fraction of sp³-hybridized carbons (Fsp3) is 0.0833. The smallest absolute Gasteiger partial charge is 0.226 e. The van der Waals surface area contributed by atoms with Gasteiger partial charge in [0.25, 0.3) is 0 Å². The number of aromatic nitrogens is 4. The lowest BCUT2D eigenvalue weighted by Crippen LogP contribution is -2.01. The van der Waals surface area contributed by atoms with E-state index in [1.54, 1.807) is 19.3 Å². The molecule has 3 rings (SSSR count). The van der Waals surface area contributed by atoms with E-state index >= 15 is 0 Å². The molecule has 0 aliphatic carbocycles. The van der Waals surface area contributed by atoms with Gasteiger partial charge in [0.2, 0.25) is 5.95 Å². The first-order valence-electron chi connectivity index (χ1n) is 5.78. The second-order valence-electron chi connectivity index (χ2n) is 4.03. The van der Waals surface area contributed by atoms with Crippen LogP contribution in [0.2, 0.25) is 5.02 Å². The average Bonchev–Trinajstić information content (AvgIpc) is 2.91. The molecule has 3 N–H and O–H groups in total. The van der Waals surface area contributed by atoms with Crippen LogP contribution in [-0.4, -0.2) is 27.2 Å². The van der Waals surface area contributed by atoms with Gasteiger partial charge in [-0.25, -0.2) is 0 Å². The number of aromatic amines is 1. The molecule has 3 aromatic rings. The number of hydrogen-bond acceptors (Lipinski definition) is 5. The van der Waals surface area contributed by atoms with Crippen molar-refractivity contribution in [2.75, 3.05) is 17.7 Å². The average molecular weight is 354 g/mol. The van der Waals surface area contributed by atoms with Crippen LogP contribution in [0.1, 0.15) is 0 Å². The summed E-state index contributed by atoms with van der Waals surface area (Å²) in [6.07, 6.45) is 1.68. The number of benzene rings is 1. The zero-order valence-electron chi connectivity index (χ0n) is 10.4. The molecule has 6 nitrogen and oxygen atoms in total. The molecule has 2 aromatic heterocycles. The fourth-order valence-corrected chi connectivity index (χ4v) is 2.25. The van der Waals surface area contributed by atoms with E-state index in [-0.39, 0.29) is 0 Å². The van der Waals surface area contributed by atoms with Crippen LogP contribution in [0.5, 0.6) is 0 Å². The van der Waals surface area contributed by atoms with E-state index in [0.29, 0.717) is 22.4 Å². The number of anilines is 3. The Morgan fingerprint density at radius 2 is 2.15 bits per heavy atom. The third-order valence-corrected chi connectivity index (χ3v) is 3.93. The summed E-state index contributed by atoms with van der Waals surface area (Å²) in [7, 11) is 1.76. The van der Waals surface area contributed by atoms with Gasteiger partial charge in [-0.15, -0.1) is 0 Å². The van der Waals surface area contributed by atoms with E-state index in [0.717, 1.165) is 15.5 Å². The highest BCUT2D eigenvalue weighted by molar-refractivity contribution is 9.10. The van der Waals surface area contributed by atoms with Gasteiger partial charge in [-0.05, 0) is 34.1 Å². The van der Waals surface area contributed by atoms with Crippen LogP contribution in [0, 0.1) is 0 Å². The van der Waals surface area contributed by atoms with Crippen molar-refractivity contribution in [3.05, 3.63) is 33.9 Å². The minimum atomic E-state index is 0.511. The van der Waals surface area contributed by atoms with Gasteiger partial charge >= 0.3 is 0 Å². The van der Waals surface area contributed by atoms with Gasteiger partial charge in [0.1, 0.15) is 5.82 Å². The summed E-state index contributed by atoms with van der Waals surface area (Å²) in [5.74, 6) is 1.18. The Morgan fingerprint density at radius 3 is 2.90 bits per heavy atom. The van der Waals surface area contributed by atoms with Gasteiger partial charge in [-0.3, -0.25) is 5.10 Å². The minimum Gasteiger partial charge on any atom is -0.357 e. The predicted molar refractivity (Wildman–Crippen MR) is 83.7 cm³/mol. The molecule has 0 unspecified atom stereocenters. The first-order chi connectivity index (χ1) is 9.67. The van der Waals surface area contributed by atoms with Crippen LogP contribution < -0.4 is 10.6 Å². The Hall–Kier alpha value is -1.86. The molecule has 0 aliphatic heterocycles. The van der Waals surface area contributed by atoms with Crippen molar-refractivity contribution >= 4 is 56.0 Å². The predicted octanol–water partition coefficient (Wildman–Crippen LogP) is 3.55. The third-order valence-electron chi connectivity index (χ3n) is 2.72. The zero-order valence-corrected chi connectivity index (χ0v) is 12.7. The second kappa shape index (κ2) is 5.26. The molecule has 8 heteroatoms. The molecule has 0 amide bonds. The van der Waals surface area contributed by atoms with Crippen molar-refractivity contribution in [3.8, 4) is 0 Å². The Kier molecular flexibility index (Phi) is 3.45. The highest BCUT2D eigenvalue weighted by Crippen LogP contribution is 2.29. The van der Waals surface area contributed by atoms with Crippen molar-refractivity contribution in [2.45, 2.75) is 0 Å². The maximum Gasteiger partial charge on any atom is 0.226 e. The topological polar surface area (TPSA) is 78.5 Å². The fourth-order valence-electron chi connectivity index (χ4n) is 1.75. The normalized spacial score (nSPS) is 10.8. The molecule has 1 aromatic carbocycles. The quantitative estimate of drug-likeness (QED) is 0.671. The Bertz CT molecular complexity index is 772. The van der Waals surface area contributed by atoms with Crippen molar-refractivity contribution in [1.82, 2.24) is 20.2 Å². The number of rotatable bonds is 3. The largest absolute Gasteiger partial charge is 0.357 e. The highest BCUT2D eigenvalue weighted by atomic mass is 79.9. The standard InChI is InChI=1S/C12H10BrClN6/c1-15-12-18-10(7-5-16-20-11(7)19-12)17-6-2-3-9(14)8(13)4-6/h2-5H,1H3,(H3,15,16,17,18,19,20). The molecular weight excluding hydrogens is 344 g/mol. The molecule has 20 heavy (non-hydrogen) atoms. The molecule has 0 spiro atoms. The van der Waals surface area contributed by atoms with Gasteiger partial charge < -0.3 is 10.6 Å². The van der Waals surface area contributed by atoms with Crippen molar-refractivity contribution in [2.24, 2.45) is 0 Å². The van der Waals surface area contributed by atoms with Crippen LogP contribution in [0.15, 0.2) is 28.9 Å². The molecule has 102 valence electrons. The Morgan fingerprint density at radius 1 is 1.30 bits per heavy atom. The number of H-pyrrole nitrogens is 1. The summed E-state index contributed by atoms with van der Waals surface area (Å²) in [6.45, 7) is 0. The van der Waals surface area contributed by atoms with E-state index in [1.807, 2.05) is 12.1 Å². The van der Waals surface area contributed by atoms with Crippen LogP contribution in [0.25, 0.3) is 11.0 Å². The first-order valence-corrected chi connectivity index (χ1v) is 6.95. The van der Waals surface area contributed by atoms with Gasteiger partial charge in [-0.1, -0.05) is 11.6 Å². The van der Waals surface area contributed by atoms with Crippen LogP contribution >= 0.6 is 27.5 Å². The van der Waals surface area contributed by atoms with Crippen LogP contribution in [0.3, 0.4) is 0 Å². The number of fused-ring (bicyclic) bond motifs is 1. The molecule has 0 radical (unpaired) electrons. The molecule has 0 saturated heterocycles. The number of halogens is 2. The summed E-state index contributed by atoms with van der Waals surface area (Å²) in [6, 6.07) is 5.57. The molecule has 0 atom stereocenters. The number of nitrogens with zero attached hydrogens (tertiary/aromatic N) is 3. The maximum absolute atomic E-state index is 5.98. The van der Waals surface area contributed by atoms with Gasteiger partial charge in [0, 0.05) is 17.2 Å². The lowest BCUT2D eigenvalue weighted by Gasteiger charge is -2.09. The molecule has 0 fully saturated rings. The van der Waals surface area contributed by atoms with Crippen molar-refractivity contribution < 1.29 is 0 Å². The van der Waals surface area contributed by atoms with Gasteiger partial charge in [0.05, 0.1) is 16.6 Å². The molecule has 0 bridgehead atoms. The van der Waals surface area contributed by atoms with Gasteiger partial charge in [-0.2, -0.15) is 15.1 Å². The van der Waals surface area contributed by atoms with E-state index in [1.165, 1.54) is 0 Å². The molecule has 0 saturated carbocycles. The lowest BCUT2D eigenvalue weighted by atomic mass is 10.3. The summed E-state index contributed by atoms with van der Waals surface area (Å²) < 4.78 is 0.815. The minimum absolute atomic E-state index is 0.511. The van der Waals surface area contributed by atoms with E-state index in [4.69, 9.17) is 11.6 Å². The highest BCUT2D eigenvalue weighted by Gasteiger charge is 2.09. The third kappa shape index (κ3) is 2.41. The first kappa shape index (κ1) is 13.1.